The Morgan fingerprint density at radius 2 is 1.90 bits per heavy atom. The van der Waals surface area contributed by atoms with Crippen LogP contribution in [0.3, 0.4) is 0 Å². The average molecular weight is 288 g/mol. The Kier molecular flexibility index (Phi) is 3.57. The maximum Gasteiger partial charge on any atom is 0.149 e. The van der Waals surface area contributed by atoms with E-state index in [4.69, 9.17) is 0 Å². The van der Waals surface area contributed by atoms with E-state index in [0.717, 1.165) is 30.3 Å². The van der Waals surface area contributed by atoms with Crippen molar-refractivity contribution in [3.05, 3.63) is 28.6 Å². The van der Waals surface area contributed by atoms with E-state index >= 15 is 0 Å². The standard InChI is InChI=1S/C15H24N6/c1-9(14-10(2)19-20(5)12(14)4)16-11(3)15-18-17-13-7-6-8-21(13)15/h9,11,16H,6-8H2,1-5H3. The molecule has 0 saturated heterocycles. The molecule has 0 aliphatic carbocycles. The van der Waals surface area contributed by atoms with Gasteiger partial charge in [-0.15, -0.1) is 10.2 Å². The molecule has 0 spiro atoms. The summed E-state index contributed by atoms with van der Waals surface area (Å²) < 4.78 is 4.20. The van der Waals surface area contributed by atoms with Gasteiger partial charge in [-0.2, -0.15) is 5.10 Å². The van der Waals surface area contributed by atoms with Crippen LogP contribution in [0.5, 0.6) is 0 Å². The van der Waals surface area contributed by atoms with Crippen LogP contribution in [0, 0.1) is 13.8 Å². The van der Waals surface area contributed by atoms with Crippen molar-refractivity contribution < 1.29 is 0 Å². The van der Waals surface area contributed by atoms with Gasteiger partial charge in [-0.25, -0.2) is 0 Å². The second kappa shape index (κ2) is 5.26. The van der Waals surface area contributed by atoms with E-state index in [1.54, 1.807) is 0 Å². The van der Waals surface area contributed by atoms with Gasteiger partial charge in [0.25, 0.3) is 0 Å². The van der Waals surface area contributed by atoms with Gasteiger partial charge in [0.15, 0.2) is 0 Å². The van der Waals surface area contributed by atoms with Crippen LogP contribution in [0.25, 0.3) is 0 Å². The minimum absolute atomic E-state index is 0.179. The molecule has 0 saturated carbocycles. The zero-order chi connectivity index (χ0) is 15.1. The van der Waals surface area contributed by atoms with E-state index in [2.05, 4.69) is 52.9 Å². The SMILES string of the molecule is Cc1nn(C)c(C)c1C(C)NC(C)c1nnc2n1CCC2. The highest BCUT2D eigenvalue weighted by Crippen LogP contribution is 2.25. The van der Waals surface area contributed by atoms with Crippen molar-refractivity contribution >= 4 is 0 Å². The Morgan fingerprint density at radius 3 is 2.57 bits per heavy atom. The van der Waals surface area contributed by atoms with E-state index in [1.165, 1.54) is 17.7 Å². The fraction of sp³-hybridized carbons (Fsp3) is 0.667. The fourth-order valence-corrected chi connectivity index (χ4v) is 3.44. The smallest absolute Gasteiger partial charge is 0.149 e. The molecule has 2 aromatic heterocycles. The molecule has 2 aromatic rings. The summed E-state index contributed by atoms with van der Waals surface area (Å²) in [6, 6.07) is 0.418. The third-order valence-electron chi connectivity index (χ3n) is 4.52. The van der Waals surface area contributed by atoms with Gasteiger partial charge in [0.1, 0.15) is 11.6 Å². The molecule has 21 heavy (non-hydrogen) atoms. The first-order valence-electron chi connectivity index (χ1n) is 7.67. The lowest BCUT2D eigenvalue weighted by atomic mass is 10.1. The summed E-state index contributed by atoms with van der Waals surface area (Å²) in [6.45, 7) is 9.58. The molecule has 1 N–H and O–H groups in total. The van der Waals surface area contributed by atoms with Gasteiger partial charge < -0.3 is 9.88 Å². The Balaban J connectivity index is 1.79. The highest BCUT2D eigenvalue weighted by atomic mass is 15.3. The summed E-state index contributed by atoms with van der Waals surface area (Å²) in [5.41, 5.74) is 3.59. The monoisotopic (exact) mass is 288 g/mol. The van der Waals surface area contributed by atoms with Gasteiger partial charge in [-0.3, -0.25) is 4.68 Å². The minimum Gasteiger partial charge on any atom is -0.314 e. The molecule has 1 aliphatic rings. The molecular weight excluding hydrogens is 264 g/mol. The first-order chi connectivity index (χ1) is 9.99. The van der Waals surface area contributed by atoms with E-state index in [1.807, 2.05) is 11.7 Å². The van der Waals surface area contributed by atoms with Crippen LogP contribution in [0.15, 0.2) is 0 Å². The van der Waals surface area contributed by atoms with Crippen LogP contribution >= 0.6 is 0 Å². The molecule has 114 valence electrons. The number of rotatable bonds is 4. The third-order valence-corrected chi connectivity index (χ3v) is 4.52. The topological polar surface area (TPSA) is 60.6 Å². The lowest BCUT2D eigenvalue weighted by molar-refractivity contribution is 0.457. The zero-order valence-corrected chi connectivity index (χ0v) is 13.5. The number of nitrogens with one attached hydrogen (secondary N) is 1. The maximum absolute atomic E-state index is 4.50. The van der Waals surface area contributed by atoms with Crippen LogP contribution in [0.4, 0.5) is 0 Å². The quantitative estimate of drug-likeness (QED) is 0.934. The minimum atomic E-state index is 0.179. The van der Waals surface area contributed by atoms with Crippen LogP contribution in [-0.2, 0) is 20.0 Å². The molecule has 6 heteroatoms. The van der Waals surface area contributed by atoms with E-state index < -0.39 is 0 Å². The number of aryl methyl sites for hydroxylation is 3. The Hall–Kier alpha value is -1.69. The summed E-state index contributed by atoms with van der Waals surface area (Å²) in [6.07, 6.45) is 2.23. The van der Waals surface area contributed by atoms with Crippen molar-refractivity contribution in [1.82, 2.24) is 29.9 Å². The van der Waals surface area contributed by atoms with Crippen LogP contribution in [0.2, 0.25) is 0 Å². The summed E-state index contributed by atoms with van der Waals surface area (Å²) >= 11 is 0. The fourth-order valence-electron chi connectivity index (χ4n) is 3.44. The molecule has 3 heterocycles. The molecule has 0 fully saturated rings. The van der Waals surface area contributed by atoms with Crippen molar-refractivity contribution in [2.45, 2.75) is 59.2 Å². The maximum atomic E-state index is 4.50. The van der Waals surface area contributed by atoms with Crippen LogP contribution < -0.4 is 5.32 Å². The third kappa shape index (κ3) is 2.37. The van der Waals surface area contributed by atoms with Gasteiger partial charge in [0.05, 0.1) is 11.7 Å². The summed E-state index contributed by atoms with van der Waals surface area (Å²) in [5.74, 6) is 2.17. The van der Waals surface area contributed by atoms with Gasteiger partial charge in [0.2, 0.25) is 0 Å². The van der Waals surface area contributed by atoms with Crippen LogP contribution in [-0.4, -0.2) is 24.5 Å². The van der Waals surface area contributed by atoms with Crippen molar-refractivity contribution in [1.29, 1.82) is 0 Å². The molecule has 2 unspecified atom stereocenters. The molecule has 6 nitrogen and oxygen atoms in total. The summed E-state index contributed by atoms with van der Waals surface area (Å²) in [5, 5.41) is 16.8. The first kappa shape index (κ1) is 14.3. The lowest BCUT2D eigenvalue weighted by Crippen LogP contribution is -2.25. The second-order valence-electron chi connectivity index (χ2n) is 6.05. The number of hydrogen-bond donors (Lipinski definition) is 1. The van der Waals surface area contributed by atoms with Crippen LogP contribution in [0.1, 0.15) is 61.0 Å². The predicted octanol–water partition coefficient (Wildman–Crippen LogP) is 1.99. The Bertz CT molecular complexity index is 653. The molecule has 0 radical (unpaired) electrons. The highest BCUT2D eigenvalue weighted by Gasteiger charge is 2.24. The van der Waals surface area contributed by atoms with Crippen molar-refractivity contribution in [2.24, 2.45) is 7.05 Å². The van der Waals surface area contributed by atoms with Gasteiger partial charge in [-0.1, -0.05) is 0 Å². The molecule has 3 rings (SSSR count). The number of fused-ring (bicyclic) bond motifs is 1. The molecule has 1 aliphatic heterocycles. The Labute approximate surface area is 125 Å². The first-order valence-corrected chi connectivity index (χ1v) is 7.67. The normalized spacial score (nSPS) is 17.0. The van der Waals surface area contributed by atoms with E-state index in [9.17, 15) is 0 Å². The van der Waals surface area contributed by atoms with Gasteiger partial charge in [-0.05, 0) is 34.1 Å². The predicted molar refractivity (Wildman–Crippen MR) is 81.0 cm³/mol. The number of nitrogens with zero attached hydrogens (tertiary/aromatic N) is 5. The molecule has 0 bridgehead atoms. The summed E-state index contributed by atoms with van der Waals surface area (Å²) in [7, 11) is 1.99. The lowest BCUT2D eigenvalue weighted by Gasteiger charge is -2.20. The molecule has 2 atom stereocenters. The van der Waals surface area contributed by atoms with E-state index in [0.29, 0.717) is 0 Å². The highest BCUT2D eigenvalue weighted by molar-refractivity contribution is 5.27. The number of hydrogen-bond acceptors (Lipinski definition) is 4. The zero-order valence-electron chi connectivity index (χ0n) is 13.5. The van der Waals surface area contributed by atoms with Crippen molar-refractivity contribution in [3.63, 3.8) is 0 Å². The molecule has 0 aromatic carbocycles. The van der Waals surface area contributed by atoms with Crippen molar-refractivity contribution in [3.8, 4) is 0 Å². The summed E-state index contributed by atoms with van der Waals surface area (Å²) in [4.78, 5) is 0. The largest absolute Gasteiger partial charge is 0.314 e. The number of aromatic nitrogens is 5. The average Bonchev–Trinajstić information content (AvgIpc) is 3.05. The molecule has 0 amide bonds. The van der Waals surface area contributed by atoms with Gasteiger partial charge in [0, 0.05) is 37.3 Å². The molecular formula is C15H24N6. The second-order valence-corrected chi connectivity index (χ2v) is 6.05. The van der Waals surface area contributed by atoms with E-state index in [-0.39, 0.29) is 12.1 Å². The van der Waals surface area contributed by atoms with Gasteiger partial charge >= 0.3 is 0 Å². The van der Waals surface area contributed by atoms with Crippen molar-refractivity contribution in [2.75, 3.05) is 0 Å². The Morgan fingerprint density at radius 1 is 1.14 bits per heavy atom.